The number of carbonyl (C=O) groups excluding carboxylic acids is 1. The number of amides is 1. The average molecular weight is 493 g/mol. The lowest BCUT2D eigenvalue weighted by atomic mass is 10.1. The molecule has 1 amide bonds. The first-order chi connectivity index (χ1) is 16.3. The van der Waals surface area contributed by atoms with Gasteiger partial charge in [-0.2, -0.15) is 13.2 Å². The Hall–Kier alpha value is -3.05. The molecule has 1 aliphatic heterocycles. The van der Waals surface area contributed by atoms with E-state index >= 15 is 0 Å². The van der Waals surface area contributed by atoms with E-state index in [-0.39, 0.29) is 23.5 Å². The Morgan fingerprint density at radius 2 is 1.97 bits per heavy atom. The molecular weight excluding hydrogens is 469 g/mol. The summed E-state index contributed by atoms with van der Waals surface area (Å²) < 4.78 is 52.4. The molecule has 180 valence electrons. The normalized spacial score (nSPS) is 16.5. The molecule has 0 bridgehead atoms. The van der Waals surface area contributed by atoms with Crippen LogP contribution in [-0.2, 0) is 15.7 Å². The first-order valence-electron chi connectivity index (χ1n) is 10.6. The van der Waals surface area contributed by atoms with E-state index < -0.39 is 11.7 Å². The zero-order chi connectivity index (χ0) is 24.3. The highest BCUT2D eigenvalue weighted by Gasteiger charge is 2.31. The van der Waals surface area contributed by atoms with Crippen LogP contribution in [0.4, 0.5) is 13.2 Å². The number of ether oxygens (including phenoxy) is 2. The third-order valence-electron chi connectivity index (χ3n) is 5.33. The second kappa shape index (κ2) is 10.1. The first kappa shape index (κ1) is 24.1. The van der Waals surface area contributed by atoms with Crippen molar-refractivity contribution >= 4 is 17.7 Å². The quantitative estimate of drug-likeness (QED) is 0.478. The van der Waals surface area contributed by atoms with Crippen molar-refractivity contribution in [3.8, 4) is 22.8 Å². The number of nitrogens with zero attached hydrogens (tertiary/aromatic N) is 4. The van der Waals surface area contributed by atoms with E-state index in [0.29, 0.717) is 42.0 Å². The van der Waals surface area contributed by atoms with Gasteiger partial charge in [0.25, 0.3) is 0 Å². The summed E-state index contributed by atoms with van der Waals surface area (Å²) in [6.45, 7) is 3.37. The number of aromatic nitrogens is 3. The number of alkyl halides is 3. The summed E-state index contributed by atoms with van der Waals surface area (Å²) in [6.07, 6.45) is -4.54. The van der Waals surface area contributed by atoms with E-state index in [1.165, 1.54) is 10.6 Å². The molecule has 34 heavy (non-hydrogen) atoms. The smallest absolute Gasteiger partial charge is 0.416 e. The number of morpholine rings is 1. The van der Waals surface area contributed by atoms with Crippen LogP contribution in [0, 0.1) is 0 Å². The van der Waals surface area contributed by atoms with Crippen LogP contribution in [0.3, 0.4) is 0 Å². The second-order valence-corrected chi connectivity index (χ2v) is 8.67. The molecule has 2 aromatic carbocycles. The Bertz CT molecular complexity index is 1150. The SMILES string of the molecule is COc1ccc(-c2nnc(SCC(=O)N3CCOC(C)C3)n2-c2cccc(C(F)(F)F)c2)cc1. The number of hydrogen-bond donors (Lipinski definition) is 0. The van der Waals surface area contributed by atoms with Gasteiger partial charge in [-0.25, -0.2) is 0 Å². The Morgan fingerprint density at radius 3 is 2.65 bits per heavy atom. The molecular formula is C23H23F3N4O3S. The number of carbonyl (C=O) groups is 1. The van der Waals surface area contributed by atoms with Crippen molar-refractivity contribution in [3.63, 3.8) is 0 Å². The van der Waals surface area contributed by atoms with Crippen molar-refractivity contribution < 1.29 is 27.4 Å². The van der Waals surface area contributed by atoms with Crippen LogP contribution in [0.5, 0.6) is 5.75 Å². The van der Waals surface area contributed by atoms with Crippen LogP contribution in [-0.4, -0.2) is 64.2 Å². The maximum Gasteiger partial charge on any atom is 0.416 e. The number of methoxy groups -OCH3 is 1. The van der Waals surface area contributed by atoms with E-state index in [9.17, 15) is 18.0 Å². The fourth-order valence-corrected chi connectivity index (χ4v) is 4.46. The maximum absolute atomic E-state index is 13.4. The summed E-state index contributed by atoms with van der Waals surface area (Å²) in [5.74, 6) is 0.974. The van der Waals surface area contributed by atoms with Crippen molar-refractivity contribution in [2.45, 2.75) is 24.4 Å². The summed E-state index contributed by atoms with van der Waals surface area (Å²) >= 11 is 1.13. The minimum Gasteiger partial charge on any atom is -0.497 e. The Balaban J connectivity index is 1.68. The van der Waals surface area contributed by atoms with E-state index in [1.807, 2.05) is 6.92 Å². The van der Waals surface area contributed by atoms with E-state index in [4.69, 9.17) is 9.47 Å². The summed E-state index contributed by atoms with van der Waals surface area (Å²) in [4.78, 5) is 14.4. The van der Waals surface area contributed by atoms with Crippen LogP contribution in [0.25, 0.3) is 17.1 Å². The van der Waals surface area contributed by atoms with Crippen LogP contribution in [0.15, 0.2) is 53.7 Å². The van der Waals surface area contributed by atoms with Crippen molar-refractivity contribution in [1.82, 2.24) is 19.7 Å². The van der Waals surface area contributed by atoms with Gasteiger partial charge in [-0.15, -0.1) is 10.2 Å². The third-order valence-corrected chi connectivity index (χ3v) is 6.25. The molecule has 11 heteroatoms. The standard InChI is InChI=1S/C23H23F3N4O3S/c1-15-13-29(10-11-33-15)20(31)14-34-22-28-27-21(16-6-8-19(32-2)9-7-16)30(22)18-5-3-4-17(12-18)23(24,25)26/h3-9,12,15H,10-11,13-14H2,1-2H3. The molecule has 4 rings (SSSR count). The van der Waals surface area contributed by atoms with Crippen LogP contribution in [0.1, 0.15) is 12.5 Å². The molecule has 0 spiro atoms. The number of halogens is 3. The van der Waals surface area contributed by atoms with Gasteiger partial charge in [-0.05, 0) is 49.4 Å². The molecule has 1 unspecified atom stereocenters. The summed E-state index contributed by atoms with van der Waals surface area (Å²) in [5, 5.41) is 8.76. The van der Waals surface area contributed by atoms with Gasteiger partial charge in [-0.1, -0.05) is 17.8 Å². The van der Waals surface area contributed by atoms with Gasteiger partial charge in [0.1, 0.15) is 5.75 Å². The number of hydrogen-bond acceptors (Lipinski definition) is 6. The monoisotopic (exact) mass is 492 g/mol. The maximum atomic E-state index is 13.4. The second-order valence-electron chi connectivity index (χ2n) is 7.73. The van der Waals surface area contributed by atoms with Crippen molar-refractivity contribution in [2.24, 2.45) is 0 Å². The Morgan fingerprint density at radius 1 is 1.21 bits per heavy atom. The molecule has 0 saturated carbocycles. The molecule has 7 nitrogen and oxygen atoms in total. The highest BCUT2D eigenvalue weighted by Crippen LogP contribution is 2.33. The Labute approximate surface area is 198 Å². The van der Waals surface area contributed by atoms with Gasteiger partial charge >= 0.3 is 6.18 Å². The molecule has 1 fully saturated rings. The fourth-order valence-electron chi connectivity index (χ4n) is 3.61. The predicted octanol–water partition coefficient (Wildman–Crippen LogP) is 4.30. The van der Waals surface area contributed by atoms with Gasteiger partial charge in [0, 0.05) is 18.7 Å². The van der Waals surface area contributed by atoms with Crippen LogP contribution >= 0.6 is 11.8 Å². The lowest BCUT2D eigenvalue weighted by Crippen LogP contribution is -2.45. The fraction of sp³-hybridized carbons (Fsp3) is 0.348. The minimum absolute atomic E-state index is 0.0434. The van der Waals surface area contributed by atoms with Crippen molar-refractivity contribution in [3.05, 3.63) is 54.1 Å². The molecule has 3 aromatic rings. The number of thioether (sulfide) groups is 1. The van der Waals surface area contributed by atoms with E-state index in [1.54, 1.807) is 42.3 Å². The zero-order valence-electron chi connectivity index (χ0n) is 18.6. The third kappa shape index (κ3) is 5.36. The van der Waals surface area contributed by atoms with Crippen molar-refractivity contribution in [1.29, 1.82) is 0 Å². The summed E-state index contributed by atoms with van der Waals surface area (Å²) in [6, 6.07) is 11.9. The first-order valence-corrected chi connectivity index (χ1v) is 11.5. The largest absolute Gasteiger partial charge is 0.497 e. The number of benzene rings is 2. The number of rotatable bonds is 6. The summed E-state index contributed by atoms with van der Waals surface area (Å²) in [5.41, 5.74) is 0.111. The van der Waals surface area contributed by atoms with Gasteiger partial charge in [0.05, 0.1) is 36.8 Å². The van der Waals surface area contributed by atoms with Crippen molar-refractivity contribution in [2.75, 3.05) is 32.6 Å². The predicted molar refractivity (Wildman–Crippen MR) is 121 cm³/mol. The molecule has 1 atom stereocenters. The highest BCUT2D eigenvalue weighted by molar-refractivity contribution is 7.99. The lowest BCUT2D eigenvalue weighted by Gasteiger charge is -2.31. The zero-order valence-corrected chi connectivity index (χ0v) is 19.4. The lowest BCUT2D eigenvalue weighted by molar-refractivity contribution is -0.137. The molecule has 1 aliphatic rings. The van der Waals surface area contributed by atoms with Crippen LogP contribution < -0.4 is 4.74 Å². The topological polar surface area (TPSA) is 69.5 Å². The van der Waals surface area contributed by atoms with Crippen LogP contribution in [0.2, 0.25) is 0 Å². The van der Waals surface area contributed by atoms with Gasteiger partial charge in [0.15, 0.2) is 11.0 Å². The summed E-state index contributed by atoms with van der Waals surface area (Å²) in [7, 11) is 1.54. The highest BCUT2D eigenvalue weighted by atomic mass is 32.2. The van der Waals surface area contributed by atoms with Gasteiger partial charge in [0.2, 0.25) is 5.91 Å². The van der Waals surface area contributed by atoms with Gasteiger partial charge < -0.3 is 14.4 Å². The molecule has 1 aromatic heterocycles. The van der Waals surface area contributed by atoms with Gasteiger partial charge in [-0.3, -0.25) is 9.36 Å². The minimum atomic E-state index is -4.50. The molecule has 2 heterocycles. The molecule has 0 radical (unpaired) electrons. The Kier molecular flexibility index (Phi) is 7.13. The molecule has 0 N–H and O–H groups in total. The molecule has 0 aliphatic carbocycles. The van der Waals surface area contributed by atoms with E-state index in [0.717, 1.165) is 23.9 Å². The average Bonchev–Trinajstić information content (AvgIpc) is 3.26. The molecule has 1 saturated heterocycles. The van der Waals surface area contributed by atoms with E-state index in [2.05, 4.69) is 10.2 Å².